The minimum Gasteiger partial charge on any atom is -0.330 e. The van der Waals surface area contributed by atoms with Crippen LogP contribution in [0.2, 0.25) is 0 Å². The second-order valence-electron chi connectivity index (χ2n) is 4.61. The van der Waals surface area contributed by atoms with Crippen molar-refractivity contribution in [2.75, 3.05) is 11.5 Å². The minimum absolute atomic E-state index is 0.0117. The Morgan fingerprint density at radius 2 is 1.94 bits per heavy atom. The molecule has 0 heterocycles. The number of aliphatic imine (C=N–C) groups is 1. The number of urea groups is 1. The molecule has 0 radical (unpaired) electrons. The van der Waals surface area contributed by atoms with Gasteiger partial charge in [-0.25, -0.2) is 18.2 Å². The van der Waals surface area contributed by atoms with E-state index in [9.17, 15) is 13.2 Å². The quantitative estimate of drug-likeness (QED) is 0.779. The predicted octanol–water partition coefficient (Wildman–Crippen LogP) is 1.53. The lowest BCUT2D eigenvalue weighted by atomic mass is 9.83. The molecule has 1 rings (SSSR count). The molecule has 1 aliphatic carbocycles. The van der Waals surface area contributed by atoms with Gasteiger partial charge >= 0.3 is 6.03 Å². The summed E-state index contributed by atoms with van der Waals surface area (Å²) in [6, 6.07) is -0.529. The van der Waals surface area contributed by atoms with Crippen molar-refractivity contribution >= 4 is 22.6 Å². The monoisotopic (exact) mass is 260 g/mol. The van der Waals surface area contributed by atoms with Gasteiger partial charge in [0, 0.05) is 5.75 Å². The summed E-state index contributed by atoms with van der Waals surface area (Å²) in [4.78, 5) is 14.6. The zero-order valence-corrected chi connectivity index (χ0v) is 11.1. The number of rotatable bonds is 4. The van der Waals surface area contributed by atoms with E-state index < -0.39 is 21.4 Å². The number of hydrogen-bond donors (Lipinski definition) is 1. The fourth-order valence-electron chi connectivity index (χ4n) is 2.32. The van der Waals surface area contributed by atoms with E-state index in [2.05, 4.69) is 17.0 Å². The third kappa shape index (κ3) is 4.11. The van der Waals surface area contributed by atoms with Gasteiger partial charge in [0.1, 0.15) is 0 Å². The molecule has 0 bridgehead atoms. The lowest BCUT2D eigenvalue weighted by Gasteiger charge is -2.37. The van der Waals surface area contributed by atoms with Crippen LogP contribution in [0, 0.1) is 0 Å². The van der Waals surface area contributed by atoms with Crippen molar-refractivity contribution in [1.82, 2.24) is 5.32 Å². The highest BCUT2D eigenvalue weighted by molar-refractivity contribution is 7.91. The smallest absolute Gasteiger partial charge is 0.330 e. The first kappa shape index (κ1) is 14.2. The second kappa shape index (κ2) is 5.62. The molecule has 0 aliphatic heterocycles. The third-order valence-corrected chi connectivity index (χ3v) is 5.13. The van der Waals surface area contributed by atoms with Crippen molar-refractivity contribution in [2.45, 2.75) is 44.6 Å². The van der Waals surface area contributed by atoms with Crippen molar-refractivity contribution in [2.24, 2.45) is 4.99 Å². The molecule has 1 saturated carbocycles. The molecule has 1 aliphatic rings. The topological polar surface area (TPSA) is 75.6 Å². The maximum Gasteiger partial charge on any atom is 0.340 e. The van der Waals surface area contributed by atoms with Crippen LogP contribution in [-0.2, 0) is 9.84 Å². The summed E-state index contributed by atoms with van der Waals surface area (Å²) < 4.78 is 23.5. The number of carbonyl (C=O) groups is 1. The van der Waals surface area contributed by atoms with E-state index in [4.69, 9.17) is 0 Å². The van der Waals surface area contributed by atoms with Gasteiger partial charge in [0.05, 0.1) is 11.3 Å². The molecule has 0 aromatic heterocycles. The lowest BCUT2D eigenvalue weighted by molar-refractivity contribution is 0.220. The van der Waals surface area contributed by atoms with Crippen LogP contribution in [0.1, 0.15) is 39.0 Å². The summed E-state index contributed by atoms with van der Waals surface area (Å²) >= 11 is 0. The minimum atomic E-state index is -3.11. The Hall–Kier alpha value is -0.910. The molecule has 6 heteroatoms. The van der Waals surface area contributed by atoms with Crippen LogP contribution in [0.5, 0.6) is 0 Å². The predicted molar refractivity (Wildman–Crippen MR) is 68.2 cm³/mol. The van der Waals surface area contributed by atoms with E-state index in [-0.39, 0.29) is 11.5 Å². The first-order chi connectivity index (χ1) is 7.93. The molecular formula is C11H20N2O3S. The fourth-order valence-corrected chi connectivity index (χ4v) is 3.73. The number of nitrogens with one attached hydrogen (secondary N) is 1. The van der Waals surface area contributed by atoms with E-state index in [0.29, 0.717) is 12.8 Å². The maximum absolute atomic E-state index is 11.7. The summed E-state index contributed by atoms with van der Waals surface area (Å²) in [5.74, 6) is 0.115. The Morgan fingerprint density at radius 1 is 1.35 bits per heavy atom. The molecule has 1 fully saturated rings. The number of sulfone groups is 1. The summed E-state index contributed by atoms with van der Waals surface area (Å²) in [5.41, 5.74) is -0.634. The second-order valence-corrected chi connectivity index (χ2v) is 6.96. The number of nitrogens with zero attached hydrogens (tertiary/aromatic N) is 1. The fraction of sp³-hybridized carbons (Fsp3) is 0.818. The van der Waals surface area contributed by atoms with Crippen LogP contribution >= 0.6 is 0 Å². The normalized spacial score (nSPS) is 19.6. The maximum atomic E-state index is 11.7. The van der Waals surface area contributed by atoms with Crippen molar-refractivity contribution in [1.29, 1.82) is 0 Å². The van der Waals surface area contributed by atoms with Gasteiger partial charge in [0.25, 0.3) is 0 Å². The van der Waals surface area contributed by atoms with Crippen LogP contribution in [0.3, 0.4) is 0 Å². The summed E-state index contributed by atoms with van der Waals surface area (Å²) in [7, 11) is -3.11. The molecule has 0 aromatic rings. The molecule has 5 nitrogen and oxygen atoms in total. The van der Waals surface area contributed by atoms with Crippen LogP contribution in [-0.4, -0.2) is 38.2 Å². The van der Waals surface area contributed by atoms with Crippen LogP contribution in [0.4, 0.5) is 4.79 Å². The molecular weight excluding hydrogens is 240 g/mol. The van der Waals surface area contributed by atoms with Crippen molar-refractivity contribution in [3.05, 3.63) is 0 Å². The van der Waals surface area contributed by atoms with Crippen LogP contribution in [0.25, 0.3) is 0 Å². The van der Waals surface area contributed by atoms with Crippen LogP contribution in [0.15, 0.2) is 4.99 Å². The van der Waals surface area contributed by atoms with Crippen molar-refractivity contribution in [3.63, 3.8) is 0 Å². The zero-order valence-electron chi connectivity index (χ0n) is 10.2. The molecule has 2 amide bonds. The van der Waals surface area contributed by atoms with E-state index >= 15 is 0 Å². The highest BCUT2D eigenvalue weighted by atomic mass is 32.2. The van der Waals surface area contributed by atoms with Gasteiger partial charge in [-0.3, -0.25) is 0 Å². The van der Waals surface area contributed by atoms with Gasteiger partial charge in [0.15, 0.2) is 9.84 Å². The molecule has 0 unspecified atom stereocenters. The summed E-state index contributed by atoms with van der Waals surface area (Å²) in [5, 5.41) is 2.73. The average Bonchev–Trinajstić information content (AvgIpc) is 2.29. The Bertz CT molecular complexity index is 384. The summed E-state index contributed by atoms with van der Waals surface area (Å²) in [6.45, 7) is 4.79. The van der Waals surface area contributed by atoms with E-state index in [1.54, 1.807) is 6.92 Å². The largest absolute Gasteiger partial charge is 0.340 e. The Labute approximate surface area is 103 Å². The third-order valence-electron chi connectivity index (χ3n) is 3.26. The Morgan fingerprint density at radius 3 is 2.41 bits per heavy atom. The first-order valence-electron chi connectivity index (χ1n) is 5.92. The number of amides is 2. The van der Waals surface area contributed by atoms with Crippen molar-refractivity contribution < 1.29 is 13.2 Å². The SMILES string of the molecule is C=NC(=O)NC1(CS(=O)(=O)CC)CCCCC1. The zero-order chi connectivity index (χ0) is 12.9. The Kier molecular flexibility index (Phi) is 4.68. The highest BCUT2D eigenvalue weighted by Crippen LogP contribution is 2.29. The van der Waals surface area contributed by atoms with Gasteiger partial charge in [-0.05, 0) is 19.6 Å². The van der Waals surface area contributed by atoms with Crippen LogP contribution < -0.4 is 5.32 Å². The standard InChI is InChI=1S/C11H20N2O3S/c1-3-17(15,16)9-11(13-10(14)12-2)7-5-4-6-8-11/h2-9H2,1H3,(H,13,14). The average molecular weight is 260 g/mol. The molecule has 0 atom stereocenters. The molecule has 0 saturated heterocycles. The van der Waals surface area contributed by atoms with E-state index in [1.807, 2.05) is 0 Å². The summed E-state index contributed by atoms with van der Waals surface area (Å²) in [6.07, 6.45) is 4.37. The molecule has 98 valence electrons. The number of hydrogen-bond acceptors (Lipinski definition) is 3. The molecule has 0 spiro atoms. The van der Waals surface area contributed by atoms with E-state index in [0.717, 1.165) is 19.3 Å². The van der Waals surface area contributed by atoms with Gasteiger partial charge in [0.2, 0.25) is 0 Å². The van der Waals surface area contributed by atoms with Crippen molar-refractivity contribution in [3.8, 4) is 0 Å². The first-order valence-corrected chi connectivity index (χ1v) is 7.74. The van der Waals surface area contributed by atoms with Gasteiger partial charge in [-0.1, -0.05) is 26.2 Å². The van der Waals surface area contributed by atoms with Gasteiger partial charge in [-0.15, -0.1) is 0 Å². The molecule has 17 heavy (non-hydrogen) atoms. The van der Waals surface area contributed by atoms with Gasteiger partial charge < -0.3 is 5.32 Å². The lowest BCUT2D eigenvalue weighted by Crippen LogP contribution is -2.53. The van der Waals surface area contributed by atoms with E-state index in [1.165, 1.54) is 0 Å². The molecule has 1 N–H and O–H groups in total. The highest BCUT2D eigenvalue weighted by Gasteiger charge is 2.37. The molecule has 0 aromatic carbocycles. The Balaban J connectivity index is 2.85. The number of carbonyl (C=O) groups excluding carboxylic acids is 1. The van der Waals surface area contributed by atoms with Gasteiger partial charge in [-0.2, -0.15) is 0 Å².